The zero-order chi connectivity index (χ0) is 15.4. The maximum atomic E-state index is 13.4. The Morgan fingerprint density at radius 2 is 2.00 bits per heavy atom. The topological polar surface area (TPSA) is 21.3 Å². The van der Waals surface area contributed by atoms with Crippen molar-refractivity contribution in [1.29, 1.82) is 0 Å². The maximum absolute atomic E-state index is 13.4. The van der Waals surface area contributed by atoms with Gasteiger partial charge in [0.05, 0.1) is 17.6 Å². The van der Waals surface area contributed by atoms with Crippen LogP contribution in [-0.2, 0) is 0 Å². The van der Waals surface area contributed by atoms with Crippen molar-refractivity contribution in [2.24, 2.45) is 0 Å². The minimum absolute atomic E-state index is 0.0257. The van der Waals surface area contributed by atoms with Crippen LogP contribution in [0.5, 0.6) is 5.75 Å². The highest BCUT2D eigenvalue weighted by Gasteiger charge is 2.16. The molecule has 4 heteroatoms. The van der Waals surface area contributed by atoms with E-state index >= 15 is 0 Å². The van der Waals surface area contributed by atoms with Gasteiger partial charge in [0.25, 0.3) is 0 Å². The molecule has 0 bridgehead atoms. The number of hydrogen-bond acceptors (Lipinski definition) is 2. The van der Waals surface area contributed by atoms with Crippen LogP contribution in [0.15, 0.2) is 40.9 Å². The van der Waals surface area contributed by atoms with Gasteiger partial charge in [-0.2, -0.15) is 0 Å². The maximum Gasteiger partial charge on any atom is 0.137 e. The Balaban J connectivity index is 2.45. The Hall–Kier alpha value is -1.39. The third kappa shape index (κ3) is 3.63. The van der Waals surface area contributed by atoms with E-state index in [2.05, 4.69) is 41.2 Å². The smallest absolute Gasteiger partial charge is 0.137 e. The second kappa shape index (κ2) is 7.05. The van der Waals surface area contributed by atoms with E-state index < -0.39 is 0 Å². The van der Waals surface area contributed by atoms with E-state index in [9.17, 15) is 4.39 Å². The summed E-state index contributed by atoms with van der Waals surface area (Å²) in [5, 5.41) is 3.46. The standard InChI is InChI=1S/C17H19BrFNO/c1-4-20-17(12-5-8-16(19)15(18)10-12)14-7-6-13(21-3)9-11(14)2/h5-10,17,20H,4H2,1-3H3. The third-order valence-corrected chi connectivity index (χ3v) is 4.08. The first kappa shape index (κ1) is 16.0. The van der Waals surface area contributed by atoms with Crippen LogP contribution in [0.2, 0.25) is 0 Å². The average Bonchev–Trinajstić information content (AvgIpc) is 2.48. The van der Waals surface area contributed by atoms with Crippen molar-refractivity contribution < 1.29 is 9.13 Å². The van der Waals surface area contributed by atoms with E-state index in [1.807, 2.05) is 24.3 Å². The summed E-state index contributed by atoms with van der Waals surface area (Å²) in [4.78, 5) is 0. The molecule has 2 rings (SSSR count). The first-order chi connectivity index (χ1) is 10.1. The molecule has 2 aromatic carbocycles. The predicted octanol–water partition coefficient (Wildman–Crippen LogP) is 4.60. The van der Waals surface area contributed by atoms with Crippen LogP contribution in [0, 0.1) is 12.7 Å². The fourth-order valence-corrected chi connectivity index (χ4v) is 2.80. The van der Waals surface area contributed by atoms with E-state index in [-0.39, 0.29) is 11.9 Å². The molecule has 2 aromatic rings. The number of ether oxygens (including phenoxy) is 1. The van der Waals surface area contributed by atoms with Crippen LogP contribution in [0.4, 0.5) is 4.39 Å². The molecule has 1 N–H and O–H groups in total. The molecule has 0 spiro atoms. The number of hydrogen-bond donors (Lipinski definition) is 1. The fourth-order valence-electron chi connectivity index (χ4n) is 2.40. The van der Waals surface area contributed by atoms with Gasteiger partial charge in [0.2, 0.25) is 0 Å². The van der Waals surface area contributed by atoms with E-state index in [1.165, 1.54) is 6.07 Å². The van der Waals surface area contributed by atoms with Gasteiger partial charge in [0.15, 0.2) is 0 Å². The molecule has 0 amide bonds. The second-order valence-electron chi connectivity index (χ2n) is 4.89. The summed E-state index contributed by atoms with van der Waals surface area (Å²) in [6.45, 7) is 4.94. The van der Waals surface area contributed by atoms with E-state index in [1.54, 1.807) is 7.11 Å². The largest absolute Gasteiger partial charge is 0.497 e. The zero-order valence-electron chi connectivity index (χ0n) is 12.4. The summed E-state index contributed by atoms with van der Waals surface area (Å²) in [5.41, 5.74) is 3.33. The molecule has 21 heavy (non-hydrogen) atoms. The highest BCUT2D eigenvalue weighted by Crippen LogP contribution is 2.29. The number of nitrogens with one attached hydrogen (secondary N) is 1. The van der Waals surface area contributed by atoms with Gasteiger partial charge in [-0.25, -0.2) is 4.39 Å². The molecule has 0 aliphatic heterocycles. The summed E-state index contributed by atoms with van der Waals surface area (Å²) in [6, 6.07) is 11.2. The second-order valence-corrected chi connectivity index (χ2v) is 5.74. The Kier molecular flexibility index (Phi) is 5.37. The van der Waals surface area contributed by atoms with Gasteiger partial charge < -0.3 is 10.1 Å². The predicted molar refractivity (Wildman–Crippen MR) is 87.4 cm³/mol. The van der Waals surface area contributed by atoms with E-state index in [0.717, 1.165) is 29.0 Å². The van der Waals surface area contributed by atoms with Gasteiger partial charge in [0.1, 0.15) is 11.6 Å². The van der Waals surface area contributed by atoms with Crippen LogP contribution < -0.4 is 10.1 Å². The van der Waals surface area contributed by atoms with Crippen LogP contribution in [-0.4, -0.2) is 13.7 Å². The summed E-state index contributed by atoms with van der Waals surface area (Å²) < 4.78 is 19.2. The zero-order valence-corrected chi connectivity index (χ0v) is 14.0. The summed E-state index contributed by atoms with van der Waals surface area (Å²) in [7, 11) is 1.66. The lowest BCUT2D eigenvalue weighted by Gasteiger charge is -2.21. The van der Waals surface area contributed by atoms with Crippen molar-refractivity contribution in [2.45, 2.75) is 19.9 Å². The van der Waals surface area contributed by atoms with Crippen molar-refractivity contribution in [3.8, 4) is 5.75 Å². The monoisotopic (exact) mass is 351 g/mol. The highest BCUT2D eigenvalue weighted by atomic mass is 79.9. The molecule has 0 heterocycles. The lowest BCUT2D eigenvalue weighted by Crippen LogP contribution is -2.22. The molecule has 1 atom stereocenters. The molecule has 0 fully saturated rings. The first-order valence-corrected chi connectivity index (χ1v) is 7.69. The van der Waals surface area contributed by atoms with Crippen LogP contribution in [0.25, 0.3) is 0 Å². The highest BCUT2D eigenvalue weighted by molar-refractivity contribution is 9.10. The third-order valence-electron chi connectivity index (χ3n) is 3.47. The van der Waals surface area contributed by atoms with Gasteiger partial charge >= 0.3 is 0 Å². The number of methoxy groups -OCH3 is 1. The van der Waals surface area contributed by atoms with Crippen molar-refractivity contribution in [3.63, 3.8) is 0 Å². The number of benzene rings is 2. The molecular weight excluding hydrogens is 333 g/mol. The van der Waals surface area contributed by atoms with Gasteiger partial charge in [0, 0.05) is 0 Å². The number of aryl methyl sites for hydroxylation is 1. The Labute approximate surface area is 133 Å². The summed E-state index contributed by atoms with van der Waals surface area (Å²) in [6.07, 6.45) is 0. The summed E-state index contributed by atoms with van der Waals surface area (Å²) in [5.74, 6) is 0.590. The average molecular weight is 352 g/mol. The molecule has 112 valence electrons. The molecule has 0 radical (unpaired) electrons. The van der Waals surface area contributed by atoms with Gasteiger partial charge in [-0.3, -0.25) is 0 Å². The first-order valence-electron chi connectivity index (χ1n) is 6.89. The Morgan fingerprint density at radius 3 is 2.57 bits per heavy atom. The fraction of sp³-hybridized carbons (Fsp3) is 0.294. The van der Waals surface area contributed by atoms with Gasteiger partial charge in [-0.15, -0.1) is 0 Å². The van der Waals surface area contributed by atoms with Crippen molar-refractivity contribution in [2.75, 3.05) is 13.7 Å². The van der Waals surface area contributed by atoms with Crippen molar-refractivity contribution >= 4 is 15.9 Å². The molecule has 0 aliphatic carbocycles. The normalized spacial score (nSPS) is 12.2. The van der Waals surface area contributed by atoms with Crippen LogP contribution in [0.1, 0.15) is 29.7 Å². The molecular formula is C17H19BrFNO. The van der Waals surface area contributed by atoms with Crippen LogP contribution in [0.3, 0.4) is 0 Å². The SMILES string of the molecule is CCNC(c1ccc(F)c(Br)c1)c1ccc(OC)cc1C. The molecule has 0 aliphatic rings. The van der Waals surface area contributed by atoms with E-state index in [0.29, 0.717) is 4.47 Å². The van der Waals surface area contributed by atoms with Crippen LogP contribution >= 0.6 is 15.9 Å². The van der Waals surface area contributed by atoms with Crippen molar-refractivity contribution in [3.05, 3.63) is 63.4 Å². The summed E-state index contributed by atoms with van der Waals surface area (Å²) >= 11 is 3.26. The lowest BCUT2D eigenvalue weighted by molar-refractivity contribution is 0.414. The van der Waals surface area contributed by atoms with Gasteiger partial charge in [-0.05, 0) is 70.4 Å². The number of halogens is 2. The minimum atomic E-state index is -0.250. The van der Waals surface area contributed by atoms with Crippen molar-refractivity contribution in [1.82, 2.24) is 5.32 Å². The van der Waals surface area contributed by atoms with E-state index in [4.69, 9.17) is 4.74 Å². The molecule has 0 aromatic heterocycles. The Bertz CT molecular complexity index is 630. The lowest BCUT2D eigenvalue weighted by atomic mass is 9.94. The molecule has 2 nitrogen and oxygen atoms in total. The Morgan fingerprint density at radius 1 is 1.24 bits per heavy atom. The molecule has 1 unspecified atom stereocenters. The quantitative estimate of drug-likeness (QED) is 0.849. The molecule has 0 saturated carbocycles. The number of rotatable bonds is 5. The molecule has 0 saturated heterocycles. The minimum Gasteiger partial charge on any atom is -0.497 e. The van der Waals surface area contributed by atoms with Gasteiger partial charge in [-0.1, -0.05) is 19.1 Å².